The molecule has 0 amide bonds. The normalized spacial score (nSPS) is 18.1. The predicted molar refractivity (Wildman–Crippen MR) is 69.2 cm³/mol. The summed E-state index contributed by atoms with van der Waals surface area (Å²) in [7, 11) is -3.50. The molecule has 18 heavy (non-hydrogen) atoms. The number of sulfonamides is 1. The van der Waals surface area contributed by atoms with E-state index in [1.165, 1.54) is 24.8 Å². The van der Waals surface area contributed by atoms with Crippen LogP contribution in [0, 0.1) is 5.92 Å². The van der Waals surface area contributed by atoms with Gasteiger partial charge in [-0.1, -0.05) is 6.42 Å². The number of nitrogen functional groups attached to an aromatic ring is 1. The minimum atomic E-state index is -3.50. The van der Waals surface area contributed by atoms with Crippen molar-refractivity contribution in [2.24, 2.45) is 11.8 Å². The summed E-state index contributed by atoms with van der Waals surface area (Å²) in [6.45, 7) is 1.91. The number of aromatic nitrogens is 1. The fraction of sp³-hybridized carbons (Fsp3) is 0.545. The molecule has 0 saturated heterocycles. The van der Waals surface area contributed by atoms with Crippen molar-refractivity contribution in [3.05, 3.63) is 18.3 Å². The summed E-state index contributed by atoms with van der Waals surface area (Å²) in [6, 6.07) is 2.83. The van der Waals surface area contributed by atoms with Gasteiger partial charge in [0, 0.05) is 18.3 Å². The van der Waals surface area contributed by atoms with Gasteiger partial charge in [-0.15, -0.1) is 0 Å². The van der Waals surface area contributed by atoms with Crippen molar-refractivity contribution in [2.45, 2.75) is 37.1 Å². The number of rotatable bonds is 5. The Morgan fingerprint density at radius 1 is 1.50 bits per heavy atom. The van der Waals surface area contributed by atoms with Gasteiger partial charge in [0.15, 0.2) is 0 Å². The van der Waals surface area contributed by atoms with Crippen molar-refractivity contribution in [3.63, 3.8) is 0 Å². The van der Waals surface area contributed by atoms with Gasteiger partial charge in [-0.25, -0.2) is 24.0 Å². The SMILES string of the molecule is CC(NS(=O)(=O)c1ccnc(NN)c1)C1CCC1. The summed E-state index contributed by atoms with van der Waals surface area (Å²) in [6.07, 6.45) is 4.79. The number of nitrogens with two attached hydrogens (primary N) is 1. The van der Waals surface area contributed by atoms with Crippen LogP contribution < -0.4 is 16.0 Å². The number of nitrogens with zero attached hydrogens (tertiary/aromatic N) is 1. The monoisotopic (exact) mass is 270 g/mol. The minimum absolute atomic E-state index is 0.0359. The van der Waals surface area contributed by atoms with Gasteiger partial charge in [-0.05, 0) is 31.7 Å². The van der Waals surface area contributed by atoms with Crippen LogP contribution in [0.3, 0.4) is 0 Å². The molecule has 0 spiro atoms. The molecule has 1 aromatic heterocycles. The van der Waals surface area contributed by atoms with Gasteiger partial charge >= 0.3 is 0 Å². The Labute approximate surface area is 107 Å². The van der Waals surface area contributed by atoms with Crippen molar-refractivity contribution < 1.29 is 8.42 Å². The van der Waals surface area contributed by atoms with Crippen LogP contribution in [0.1, 0.15) is 26.2 Å². The Morgan fingerprint density at radius 3 is 2.78 bits per heavy atom. The van der Waals surface area contributed by atoms with E-state index < -0.39 is 10.0 Å². The molecule has 0 aliphatic heterocycles. The third-order valence-corrected chi connectivity index (χ3v) is 4.94. The van der Waals surface area contributed by atoms with Crippen molar-refractivity contribution in [1.82, 2.24) is 9.71 Å². The molecule has 1 aromatic rings. The molecule has 4 N–H and O–H groups in total. The Balaban J connectivity index is 2.13. The molecule has 7 heteroatoms. The van der Waals surface area contributed by atoms with E-state index in [0.717, 1.165) is 12.8 Å². The minimum Gasteiger partial charge on any atom is -0.308 e. The zero-order valence-corrected chi connectivity index (χ0v) is 11.1. The Bertz CT molecular complexity index is 514. The maximum Gasteiger partial charge on any atom is 0.241 e. The molecule has 1 unspecified atom stereocenters. The number of hydrogen-bond donors (Lipinski definition) is 3. The van der Waals surface area contributed by atoms with Crippen molar-refractivity contribution in [2.75, 3.05) is 5.43 Å². The second-order valence-electron chi connectivity index (χ2n) is 4.62. The summed E-state index contributed by atoms with van der Waals surface area (Å²) < 4.78 is 27.0. The highest BCUT2D eigenvalue weighted by Crippen LogP contribution is 2.30. The Kier molecular flexibility index (Phi) is 3.84. The van der Waals surface area contributed by atoms with Gasteiger partial charge in [0.05, 0.1) is 4.90 Å². The van der Waals surface area contributed by atoms with Gasteiger partial charge < -0.3 is 5.43 Å². The van der Waals surface area contributed by atoms with Crippen LogP contribution in [-0.4, -0.2) is 19.4 Å². The van der Waals surface area contributed by atoms with Crippen LogP contribution in [0.2, 0.25) is 0 Å². The average molecular weight is 270 g/mol. The fourth-order valence-corrected chi connectivity index (χ4v) is 3.33. The molecule has 0 bridgehead atoms. The first-order valence-corrected chi connectivity index (χ1v) is 7.46. The largest absolute Gasteiger partial charge is 0.308 e. The Morgan fingerprint density at radius 2 is 2.22 bits per heavy atom. The number of pyridine rings is 1. The van der Waals surface area contributed by atoms with Crippen molar-refractivity contribution >= 4 is 15.8 Å². The summed E-state index contributed by atoms with van der Waals surface area (Å²) >= 11 is 0. The highest BCUT2D eigenvalue weighted by atomic mass is 32.2. The number of anilines is 1. The molecular formula is C11H18N4O2S. The van der Waals surface area contributed by atoms with Gasteiger partial charge in [0.1, 0.15) is 5.82 Å². The predicted octanol–water partition coefficient (Wildman–Crippen LogP) is 0.834. The second-order valence-corrected chi connectivity index (χ2v) is 6.34. The van der Waals surface area contributed by atoms with Crippen LogP contribution in [0.4, 0.5) is 5.82 Å². The van der Waals surface area contributed by atoms with Crippen LogP contribution >= 0.6 is 0 Å². The lowest BCUT2D eigenvalue weighted by molar-refractivity contribution is 0.260. The van der Waals surface area contributed by atoms with Gasteiger partial charge in [0.25, 0.3) is 0 Å². The molecule has 1 aliphatic carbocycles. The summed E-state index contributed by atoms with van der Waals surface area (Å²) in [4.78, 5) is 4.06. The van der Waals surface area contributed by atoms with E-state index in [0.29, 0.717) is 11.7 Å². The summed E-state index contributed by atoms with van der Waals surface area (Å²) in [5, 5.41) is 0. The lowest BCUT2D eigenvalue weighted by Gasteiger charge is -2.31. The van der Waals surface area contributed by atoms with E-state index in [1.807, 2.05) is 6.92 Å². The standard InChI is InChI=1S/C11H18N4O2S/c1-8(9-3-2-4-9)15-18(16,17)10-5-6-13-11(7-10)14-12/h5-9,15H,2-4,12H2,1H3,(H,13,14). The fourth-order valence-electron chi connectivity index (χ4n) is 2.01. The lowest BCUT2D eigenvalue weighted by atomic mass is 9.81. The molecule has 0 radical (unpaired) electrons. The molecule has 100 valence electrons. The maximum atomic E-state index is 12.1. The molecule has 0 aromatic carbocycles. The average Bonchev–Trinajstić information content (AvgIpc) is 2.26. The Hall–Kier alpha value is -1.18. The van der Waals surface area contributed by atoms with E-state index in [-0.39, 0.29) is 10.9 Å². The van der Waals surface area contributed by atoms with Gasteiger partial charge in [-0.3, -0.25) is 0 Å². The molecule has 1 saturated carbocycles. The summed E-state index contributed by atoms with van der Waals surface area (Å²) in [5.41, 5.74) is 2.33. The number of hydrogen-bond acceptors (Lipinski definition) is 5. The van der Waals surface area contributed by atoms with Gasteiger partial charge in [-0.2, -0.15) is 0 Å². The van der Waals surface area contributed by atoms with E-state index in [1.54, 1.807) is 0 Å². The first-order valence-electron chi connectivity index (χ1n) is 5.98. The number of nitrogens with one attached hydrogen (secondary N) is 2. The molecule has 2 rings (SSSR count). The third-order valence-electron chi connectivity index (χ3n) is 3.39. The zero-order valence-electron chi connectivity index (χ0n) is 10.3. The summed E-state index contributed by atoms with van der Waals surface area (Å²) in [5.74, 6) is 5.99. The smallest absolute Gasteiger partial charge is 0.241 e. The van der Waals surface area contributed by atoms with E-state index >= 15 is 0 Å². The van der Waals surface area contributed by atoms with Crippen LogP contribution in [0.25, 0.3) is 0 Å². The molecule has 1 heterocycles. The van der Waals surface area contributed by atoms with Crippen LogP contribution in [-0.2, 0) is 10.0 Å². The van der Waals surface area contributed by atoms with E-state index in [4.69, 9.17) is 5.84 Å². The highest BCUT2D eigenvalue weighted by molar-refractivity contribution is 7.89. The molecule has 1 fully saturated rings. The topological polar surface area (TPSA) is 97.1 Å². The second kappa shape index (κ2) is 5.21. The molecule has 1 aliphatic rings. The van der Waals surface area contributed by atoms with Crippen molar-refractivity contribution in [3.8, 4) is 0 Å². The highest BCUT2D eigenvalue weighted by Gasteiger charge is 2.27. The number of hydrazine groups is 1. The maximum absolute atomic E-state index is 12.1. The van der Waals surface area contributed by atoms with Crippen LogP contribution in [0.15, 0.2) is 23.2 Å². The van der Waals surface area contributed by atoms with Crippen molar-refractivity contribution in [1.29, 1.82) is 0 Å². The lowest BCUT2D eigenvalue weighted by Crippen LogP contribution is -2.40. The van der Waals surface area contributed by atoms with Crippen LogP contribution in [0.5, 0.6) is 0 Å². The van der Waals surface area contributed by atoms with E-state index in [9.17, 15) is 8.42 Å². The van der Waals surface area contributed by atoms with E-state index in [2.05, 4.69) is 15.1 Å². The molecule has 6 nitrogen and oxygen atoms in total. The van der Waals surface area contributed by atoms with Gasteiger partial charge in [0.2, 0.25) is 10.0 Å². The quantitative estimate of drug-likeness (QED) is 0.544. The third kappa shape index (κ3) is 2.80. The first-order chi connectivity index (χ1) is 8.53. The first kappa shape index (κ1) is 13.3. The zero-order chi connectivity index (χ0) is 13.2. The molecular weight excluding hydrogens is 252 g/mol. The molecule has 1 atom stereocenters.